The average Bonchev–Trinajstić information content (AvgIpc) is 3.19. The molecule has 3 N–H and O–H groups in total. The summed E-state index contributed by atoms with van der Waals surface area (Å²) in [5.74, 6) is 0.829. The molecule has 4 nitrogen and oxygen atoms in total. The van der Waals surface area contributed by atoms with Crippen molar-refractivity contribution in [2.45, 2.75) is 13.0 Å². The fourth-order valence-electron chi connectivity index (χ4n) is 2.39. The molecule has 1 aromatic carbocycles. The number of H-pyrrole nitrogens is 1. The van der Waals surface area contributed by atoms with Gasteiger partial charge in [-0.05, 0) is 35.4 Å². The van der Waals surface area contributed by atoms with Gasteiger partial charge in [-0.3, -0.25) is 4.99 Å². The minimum Gasteiger partial charge on any atom is -0.357 e. The predicted octanol–water partition coefficient (Wildman–Crippen LogP) is 3.76. The fourth-order valence-corrected chi connectivity index (χ4v) is 3.10. The number of guanidine groups is 1. The molecule has 122 valence electrons. The molecule has 0 atom stereocenters. The van der Waals surface area contributed by atoms with E-state index >= 15 is 0 Å². The number of rotatable bonds is 5. The molecule has 2 aromatic heterocycles. The van der Waals surface area contributed by atoms with Crippen LogP contribution in [0.2, 0.25) is 0 Å². The first-order valence-electron chi connectivity index (χ1n) is 7.38. The molecule has 0 amide bonds. The van der Waals surface area contributed by atoms with Crippen LogP contribution in [0.15, 0.2) is 52.8 Å². The Morgan fingerprint density at radius 3 is 2.78 bits per heavy atom. The lowest BCUT2D eigenvalue weighted by molar-refractivity contribution is 0.791. The molecule has 3 rings (SSSR count). The van der Waals surface area contributed by atoms with Crippen molar-refractivity contribution in [3.8, 4) is 0 Å². The lowest BCUT2D eigenvalue weighted by Gasteiger charge is -2.10. The second-order valence-corrected chi connectivity index (χ2v) is 6.10. The van der Waals surface area contributed by atoms with Crippen molar-refractivity contribution in [1.82, 2.24) is 15.6 Å². The van der Waals surface area contributed by atoms with E-state index in [0.717, 1.165) is 31.2 Å². The fraction of sp³-hybridized carbons (Fsp3) is 0.235. The van der Waals surface area contributed by atoms with Gasteiger partial charge in [0.2, 0.25) is 0 Å². The Hall–Kier alpha value is -1.54. The first-order valence-corrected chi connectivity index (χ1v) is 8.26. The number of hydrogen-bond acceptors (Lipinski definition) is 2. The molecule has 0 aliphatic rings. The Bertz CT molecular complexity index is 716. The zero-order valence-electron chi connectivity index (χ0n) is 13.0. The van der Waals surface area contributed by atoms with E-state index in [-0.39, 0.29) is 24.0 Å². The van der Waals surface area contributed by atoms with Gasteiger partial charge in [0.1, 0.15) is 0 Å². The van der Waals surface area contributed by atoms with E-state index in [9.17, 15) is 0 Å². The molecule has 0 bridgehead atoms. The van der Waals surface area contributed by atoms with Crippen molar-refractivity contribution in [2.75, 3.05) is 13.6 Å². The van der Waals surface area contributed by atoms with Gasteiger partial charge in [-0.1, -0.05) is 24.3 Å². The summed E-state index contributed by atoms with van der Waals surface area (Å²) < 4.78 is 0. The summed E-state index contributed by atoms with van der Waals surface area (Å²) in [5, 5.41) is 10.0. The van der Waals surface area contributed by atoms with Crippen molar-refractivity contribution < 1.29 is 0 Å². The number of benzene rings is 1. The van der Waals surface area contributed by atoms with Gasteiger partial charge < -0.3 is 15.6 Å². The normalized spacial score (nSPS) is 11.3. The van der Waals surface area contributed by atoms with E-state index in [2.05, 4.69) is 62.4 Å². The topological polar surface area (TPSA) is 52.2 Å². The number of hydrogen-bond donors (Lipinski definition) is 3. The van der Waals surface area contributed by atoms with Crippen LogP contribution in [-0.4, -0.2) is 24.5 Å². The zero-order valence-corrected chi connectivity index (χ0v) is 16.2. The number of para-hydroxylation sites is 1. The maximum Gasteiger partial charge on any atom is 0.191 e. The number of aromatic nitrogens is 1. The van der Waals surface area contributed by atoms with Crippen LogP contribution >= 0.6 is 35.3 Å². The van der Waals surface area contributed by atoms with Crippen LogP contribution in [0, 0.1) is 0 Å². The molecule has 23 heavy (non-hydrogen) atoms. The molecule has 0 unspecified atom stereocenters. The number of aromatic amines is 1. The highest BCUT2D eigenvalue weighted by Crippen LogP contribution is 2.14. The molecule has 0 saturated heterocycles. The number of nitrogens with zero attached hydrogens (tertiary/aromatic N) is 1. The van der Waals surface area contributed by atoms with Crippen molar-refractivity contribution in [1.29, 1.82) is 0 Å². The van der Waals surface area contributed by atoms with Crippen LogP contribution in [0.1, 0.15) is 10.6 Å². The van der Waals surface area contributed by atoms with E-state index in [0.29, 0.717) is 0 Å². The summed E-state index contributed by atoms with van der Waals surface area (Å²) in [6.07, 6.45) is 1.02. The van der Waals surface area contributed by atoms with Crippen LogP contribution < -0.4 is 10.6 Å². The van der Waals surface area contributed by atoms with Gasteiger partial charge in [0, 0.05) is 29.7 Å². The molecule has 0 aliphatic carbocycles. The molecular weight excluding hydrogens is 419 g/mol. The Kier molecular flexibility index (Phi) is 6.91. The highest BCUT2D eigenvalue weighted by atomic mass is 127. The van der Waals surface area contributed by atoms with E-state index < -0.39 is 0 Å². The third-order valence-electron chi connectivity index (χ3n) is 3.50. The molecule has 3 aromatic rings. The van der Waals surface area contributed by atoms with Crippen molar-refractivity contribution >= 4 is 52.2 Å². The van der Waals surface area contributed by atoms with Crippen molar-refractivity contribution in [3.05, 3.63) is 58.4 Å². The minimum atomic E-state index is 0. The highest BCUT2D eigenvalue weighted by Gasteiger charge is 2.02. The summed E-state index contributed by atoms with van der Waals surface area (Å²) in [7, 11) is 1.80. The number of fused-ring (bicyclic) bond motifs is 1. The minimum absolute atomic E-state index is 0. The molecule has 0 fully saturated rings. The monoisotopic (exact) mass is 440 g/mol. The lowest BCUT2D eigenvalue weighted by Crippen LogP contribution is -2.37. The third-order valence-corrected chi connectivity index (χ3v) is 4.44. The van der Waals surface area contributed by atoms with Gasteiger partial charge in [-0.2, -0.15) is 0 Å². The van der Waals surface area contributed by atoms with Gasteiger partial charge in [0.05, 0.1) is 6.54 Å². The number of nitrogens with one attached hydrogen (secondary N) is 3. The summed E-state index contributed by atoms with van der Waals surface area (Å²) >= 11 is 1.79. The molecule has 0 aliphatic heterocycles. The summed E-state index contributed by atoms with van der Waals surface area (Å²) in [5.41, 5.74) is 2.32. The van der Waals surface area contributed by atoms with Crippen LogP contribution in [0.25, 0.3) is 10.9 Å². The van der Waals surface area contributed by atoms with E-state index in [1.54, 1.807) is 18.4 Å². The molecule has 6 heteroatoms. The zero-order chi connectivity index (χ0) is 15.2. The number of aliphatic imine (C=N–C) groups is 1. The van der Waals surface area contributed by atoms with Gasteiger partial charge in [-0.25, -0.2) is 0 Å². The van der Waals surface area contributed by atoms with Crippen molar-refractivity contribution in [3.63, 3.8) is 0 Å². The second kappa shape index (κ2) is 8.93. The predicted molar refractivity (Wildman–Crippen MR) is 110 cm³/mol. The molecular formula is C17H21IN4S. The first kappa shape index (κ1) is 17.8. The quantitative estimate of drug-likeness (QED) is 0.322. The first-order chi connectivity index (χ1) is 10.8. The molecule has 0 spiro atoms. The maximum atomic E-state index is 4.26. The van der Waals surface area contributed by atoms with Gasteiger partial charge in [0.15, 0.2) is 5.96 Å². The Morgan fingerprint density at radius 2 is 2.04 bits per heavy atom. The Balaban J connectivity index is 0.00000192. The Labute approximate surface area is 157 Å². The second-order valence-electron chi connectivity index (χ2n) is 5.06. The SMILES string of the molecule is CN=C(NCCc1cccs1)NCc1cc2ccccc2[nH]1.I. The lowest BCUT2D eigenvalue weighted by atomic mass is 10.2. The number of thiophene rings is 1. The maximum absolute atomic E-state index is 4.26. The van der Waals surface area contributed by atoms with Crippen LogP contribution in [0.5, 0.6) is 0 Å². The molecule has 0 saturated carbocycles. The van der Waals surface area contributed by atoms with Gasteiger partial charge >= 0.3 is 0 Å². The third kappa shape index (κ3) is 4.97. The smallest absolute Gasteiger partial charge is 0.191 e. The summed E-state index contributed by atoms with van der Waals surface area (Å²) in [4.78, 5) is 9.06. The van der Waals surface area contributed by atoms with Crippen LogP contribution in [0.3, 0.4) is 0 Å². The molecule has 2 heterocycles. The molecule has 0 radical (unpaired) electrons. The average molecular weight is 440 g/mol. The van der Waals surface area contributed by atoms with E-state index in [4.69, 9.17) is 0 Å². The van der Waals surface area contributed by atoms with Gasteiger partial charge in [-0.15, -0.1) is 35.3 Å². The van der Waals surface area contributed by atoms with Gasteiger partial charge in [0.25, 0.3) is 0 Å². The van der Waals surface area contributed by atoms with E-state index in [1.165, 1.54) is 15.8 Å². The van der Waals surface area contributed by atoms with Crippen LogP contribution in [-0.2, 0) is 13.0 Å². The number of halogens is 1. The highest BCUT2D eigenvalue weighted by molar-refractivity contribution is 14.0. The van der Waals surface area contributed by atoms with Crippen LogP contribution in [0.4, 0.5) is 0 Å². The largest absolute Gasteiger partial charge is 0.357 e. The van der Waals surface area contributed by atoms with Crippen molar-refractivity contribution in [2.24, 2.45) is 4.99 Å². The summed E-state index contributed by atoms with van der Waals surface area (Å²) in [6, 6.07) is 14.7. The summed E-state index contributed by atoms with van der Waals surface area (Å²) in [6.45, 7) is 1.61. The Morgan fingerprint density at radius 1 is 1.17 bits per heavy atom. The standard InChI is InChI=1S/C17H20N4S.HI/c1-18-17(19-9-8-15-6-4-10-22-15)20-12-14-11-13-5-2-3-7-16(13)21-14;/h2-7,10-11,21H,8-9,12H2,1H3,(H2,18,19,20);1H. The van der Waals surface area contributed by atoms with E-state index in [1.807, 2.05) is 6.07 Å².